The lowest BCUT2D eigenvalue weighted by Gasteiger charge is -2.08. The van der Waals surface area contributed by atoms with Crippen molar-refractivity contribution >= 4 is 17.4 Å². The molecule has 0 aliphatic heterocycles. The highest BCUT2D eigenvalue weighted by atomic mass is 16.1. The molecule has 1 amide bonds. The number of rotatable bonds is 3. The average Bonchev–Trinajstić information content (AvgIpc) is 2.41. The van der Waals surface area contributed by atoms with Gasteiger partial charge in [-0.3, -0.25) is 4.79 Å². The topological polar surface area (TPSA) is 54.0 Å². The van der Waals surface area contributed by atoms with Crippen LogP contribution < -0.4 is 10.6 Å². The van der Waals surface area contributed by atoms with E-state index in [0.29, 0.717) is 11.5 Å². The molecule has 0 saturated heterocycles. The van der Waals surface area contributed by atoms with Crippen molar-refractivity contribution in [2.75, 3.05) is 17.7 Å². The molecule has 0 radical (unpaired) electrons. The van der Waals surface area contributed by atoms with Gasteiger partial charge in [-0.2, -0.15) is 0 Å². The molecule has 1 aromatic heterocycles. The molecule has 2 N–H and O–H groups in total. The van der Waals surface area contributed by atoms with E-state index in [1.165, 1.54) is 0 Å². The first-order chi connectivity index (χ1) is 8.70. The lowest BCUT2D eigenvalue weighted by molar-refractivity contribution is 0.102. The van der Waals surface area contributed by atoms with Crippen molar-refractivity contribution in [3.05, 3.63) is 53.7 Å². The first kappa shape index (κ1) is 12.1. The van der Waals surface area contributed by atoms with Crippen molar-refractivity contribution < 1.29 is 4.79 Å². The fourth-order valence-corrected chi connectivity index (χ4v) is 1.60. The molecule has 2 rings (SSSR count). The van der Waals surface area contributed by atoms with Crippen molar-refractivity contribution in [2.24, 2.45) is 0 Å². The number of para-hydroxylation sites is 1. The third-order valence-corrected chi connectivity index (χ3v) is 2.63. The van der Waals surface area contributed by atoms with Gasteiger partial charge in [-0.15, -0.1) is 0 Å². The Labute approximate surface area is 106 Å². The molecule has 4 nitrogen and oxygen atoms in total. The Kier molecular flexibility index (Phi) is 3.57. The van der Waals surface area contributed by atoms with Crippen LogP contribution >= 0.6 is 0 Å². The van der Waals surface area contributed by atoms with E-state index < -0.39 is 0 Å². The molecule has 0 spiro atoms. The van der Waals surface area contributed by atoms with E-state index in [4.69, 9.17) is 0 Å². The van der Waals surface area contributed by atoms with E-state index in [0.717, 1.165) is 11.3 Å². The number of benzene rings is 1. The summed E-state index contributed by atoms with van der Waals surface area (Å²) >= 11 is 0. The minimum Gasteiger partial charge on any atom is -0.373 e. The highest BCUT2D eigenvalue weighted by Gasteiger charge is 2.09. The number of aryl methyl sites for hydroxylation is 1. The quantitative estimate of drug-likeness (QED) is 0.868. The van der Waals surface area contributed by atoms with Crippen LogP contribution in [-0.4, -0.2) is 17.9 Å². The Balaban J connectivity index is 2.19. The summed E-state index contributed by atoms with van der Waals surface area (Å²) in [6.07, 6.45) is 0. The third-order valence-electron chi connectivity index (χ3n) is 2.63. The van der Waals surface area contributed by atoms with Crippen molar-refractivity contribution in [2.45, 2.75) is 6.92 Å². The van der Waals surface area contributed by atoms with E-state index in [1.807, 2.05) is 37.3 Å². The molecule has 0 fully saturated rings. The Morgan fingerprint density at radius 3 is 2.61 bits per heavy atom. The fourth-order valence-electron chi connectivity index (χ4n) is 1.60. The second-order valence-electron chi connectivity index (χ2n) is 3.93. The normalized spacial score (nSPS) is 9.89. The summed E-state index contributed by atoms with van der Waals surface area (Å²) < 4.78 is 0. The lowest BCUT2D eigenvalue weighted by atomic mass is 10.2. The standard InChI is InChI=1S/C14H15N3O/c1-10-6-3-4-7-11(10)17-14(18)12-8-5-9-13(15-2)16-12/h3-9H,1-2H3,(H,15,16)(H,17,18). The summed E-state index contributed by atoms with van der Waals surface area (Å²) in [7, 11) is 1.77. The Morgan fingerprint density at radius 2 is 1.89 bits per heavy atom. The van der Waals surface area contributed by atoms with Gasteiger partial charge in [0.15, 0.2) is 0 Å². The monoisotopic (exact) mass is 241 g/mol. The third kappa shape index (κ3) is 2.66. The number of pyridine rings is 1. The van der Waals surface area contributed by atoms with Gasteiger partial charge in [0.2, 0.25) is 0 Å². The molecule has 0 aliphatic rings. The van der Waals surface area contributed by atoms with E-state index in [9.17, 15) is 4.79 Å². The van der Waals surface area contributed by atoms with Gasteiger partial charge < -0.3 is 10.6 Å². The van der Waals surface area contributed by atoms with Crippen LogP contribution in [0.2, 0.25) is 0 Å². The zero-order valence-electron chi connectivity index (χ0n) is 10.4. The van der Waals surface area contributed by atoms with Gasteiger partial charge in [0.1, 0.15) is 11.5 Å². The molecule has 4 heteroatoms. The number of hydrogen-bond acceptors (Lipinski definition) is 3. The van der Waals surface area contributed by atoms with Crippen LogP contribution in [0.4, 0.5) is 11.5 Å². The second kappa shape index (κ2) is 5.31. The average molecular weight is 241 g/mol. The zero-order valence-corrected chi connectivity index (χ0v) is 10.4. The highest BCUT2D eigenvalue weighted by molar-refractivity contribution is 6.03. The van der Waals surface area contributed by atoms with E-state index >= 15 is 0 Å². The SMILES string of the molecule is CNc1cccc(C(=O)Nc2ccccc2C)n1. The van der Waals surface area contributed by atoms with Gasteiger partial charge >= 0.3 is 0 Å². The van der Waals surface area contributed by atoms with Crippen LogP contribution in [0.25, 0.3) is 0 Å². The van der Waals surface area contributed by atoms with Gasteiger partial charge in [0, 0.05) is 12.7 Å². The van der Waals surface area contributed by atoms with Crippen LogP contribution in [0.5, 0.6) is 0 Å². The van der Waals surface area contributed by atoms with Crippen molar-refractivity contribution in [3.8, 4) is 0 Å². The van der Waals surface area contributed by atoms with Crippen molar-refractivity contribution in [1.29, 1.82) is 0 Å². The smallest absolute Gasteiger partial charge is 0.274 e. The molecule has 0 atom stereocenters. The first-order valence-electron chi connectivity index (χ1n) is 5.72. The first-order valence-corrected chi connectivity index (χ1v) is 5.72. The van der Waals surface area contributed by atoms with Gasteiger partial charge in [0.05, 0.1) is 0 Å². The number of carbonyl (C=O) groups excluding carboxylic acids is 1. The number of nitrogens with one attached hydrogen (secondary N) is 2. The molecule has 0 saturated carbocycles. The van der Waals surface area contributed by atoms with Crippen LogP contribution in [0.15, 0.2) is 42.5 Å². The second-order valence-corrected chi connectivity index (χ2v) is 3.93. The fraction of sp³-hybridized carbons (Fsp3) is 0.143. The summed E-state index contributed by atoms with van der Waals surface area (Å²) in [5.74, 6) is 0.467. The number of carbonyl (C=O) groups is 1. The van der Waals surface area contributed by atoms with Crippen LogP contribution in [0.1, 0.15) is 16.1 Å². The molecule has 0 unspecified atom stereocenters. The number of anilines is 2. The predicted molar refractivity (Wildman–Crippen MR) is 72.9 cm³/mol. The molecule has 1 heterocycles. The molecule has 0 bridgehead atoms. The van der Waals surface area contributed by atoms with Crippen LogP contribution in [0, 0.1) is 6.92 Å². The van der Waals surface area contributed by atoms with E-state index in [-0.39, 0.29) is 5.91 Å². The van der Waals surface area contributed by atoms with Crippen LogP contribution in [-0.2, 0) is 0 Å². The minimum absolute atomic E-state index is 0.207. The van der Waals surface area contributed by atoms with Crippen molar-refractivity contribution in [1.82, 2.24) is 4.98 Å². The van der Waals surface area contributed by atoms with E-state index in [2.05, 4.69) is 15.6 Å². The predicted octanol–water partition coefficient (Wildman–Crippen LogP) is 2.68. The maximum atomic E-state index is 12.0. The molecule has 0 aliphatic carbocycles. The molecular formula is C14H15N3O. The molecule has 18 heavy (non-hydrogen) atoms. The summed E-state index contributed by atoms with van der Waals surface area (Å²) in [6, 6.07) is 12.9. The van der Waals surface area contributed by atoms with E-state index in [1.54, 1.807) is 19.2 Å². The largest absolute Gasteiger partial charge is 0.373 e. The number of hydrogen-bond donors (Lipinski definition) is 2. The summed E-state index contributed by atoms with van der Waals surface area (Å²) in [5, 5.41) is 5.75. The summed E-state index contributed by atoms with van der Waals surface area (Å²) in [4.78, 5) is 16.2. The number of aromatic nitrogens is 1. The van der Waals surface area contributed by atoms with Crippen LogP contribution in [0.3, 0.4) is 0 Å². The van der Waals surface area contributed by atoms with Gasteiger partial charge in [-0.1, -0.05) is 24.3 Å². The maximum Gasteiger partial charge on any atom is 0.274 e. The summed E-state index contributed by atoms with van der Waals surface area (Å²) in [6.45, 7) is 1.95. The highest BCUT2D eigenvalue weighted by Crippen LogP contribution is 2.14. The molecular weight excluding hydrogens is 226 g/mol. The molecule has 1 aromatic carbocycles. The molecule has 92 valence electrons. The van der Waals surface area contributed by atoms with Crippen molar-refractivity contribution in [3.63, 3.8) is 0 Å². The molecule has 2 aromatic rings. The minimum atomic E-state index is -0.207. The zero-order chi connectivity index (χ0) is 13.0. The lowest BCUT2D eigenvalue weighted by Crippen LogP contribution is -2.14. The maximum absolute atomic E-state index is 12.0. The Hall–Kier alpha value is -2.36. The van der Waals surface area contributed by atoms with Gasteiger partial charge in [0.25, 0.3) is 5.91 Å². The Morgan fingerprint density at radius 1 is 1.11 bits per heavy atom. The number of amides is 1. The Bertz CT molecular complexity index is 566. The summed E-state index contributed by atoms with van der Waals surface area (Å²) in [5.41, 5.74) is 2.22. The van der Waals surface area contributed by atoms with Gasteiger partial charge in [-0.05, 0) is 30.7 Å². The number of nitrogens with zero attached hydrogens (tertiary/aromatic N) is 1. The van der Waals surface area contributed by atoms with Gasteiger partial charge in [-0.25, -0.2) is 4.98 Å².